The van der Waals surface area contributed by atoms with Crippen LogP contribution in [0.25, 0.3) is 6.08 Å². The van der Waals surface area contributed by atoms with Crippen LogP contribution in [0.1, 0.15) is 12.5 Å². The molecule has 12 heavy (non-hydrogen) atoms. The predicted molar refractivity (Wildman–Crippen MR) is 49.4 cm³/mol. The lowest BCUT2D eigenvalue weighted by Crippen LogP contribution is -1.86. The Labute approximate surface area is 72.1 Å². The lowest BCUT2D eigenvalue weighted by atomic mass is 10.2. The Morgan fingerprint density at radius 1 is 1.42 bits per heavy atom. The highest BCUT2D eigenvalue weighted by Gasteiger charge is 2.03. The maximum atomic E-state index is 9.36. The Morgan fingerprint density at radius 3 is 2.75 bits per heavy atom. The fourth-order valence-corrected chi connectivity index (χ4v) is 1.08. The van der Waals surface area contributed by atoms with Gasteiger partial charge in [-0.15, -0.1) is 0 Å². The van der Waals surface area contributed by atoms with Crippen LogP contribution in [0, 0.1) is 0 Å². The van der Waals surface area contributed by atoms with Gasteiger partial charge in [-0.3, -0.25) is 0 Å². The molecule has 0 spiro atoms. The first kappa shape index (κ1) is 8.65. The molecular weight excluding hydrogens is 152 g/mol. The van der Waals surface area contributed by atoms with Crippen LogP contribution in [-0.2, 0) is 0 Å². The number of ether oxygens (including phenoxy) is 1. The summed E-state index contributed by atoms with van der Waals surface area (Å²) in [5.74, 6) is 0.698. The summed E-state index contributed by atoms with van der Waals surface area (Å²) in [7, 11) is 1.54. The van der Waals surface area contributed by atoms with E-state index in [9.17, 15) is 5.11 Å². The van der Waals surface area contributed by atoms with E-state index in [4.69, 9.17) is 4.74 Å². The monoisotopic (exact) mass is 164 g/mol. The summed E-state index contributed by atoms with van der Waals surface area (Å²) in [6.45, 7) is 1.92. The van der Waals surface area contributed by atoms with Crippen molar-refractivity contribution in [2.45, 2.75) is 6.92 Å². The molecule has 0 aliphatic rings. The Bertz CT molecular complexity index is 290. The first-order valence-corrected chi connectivity index (χ1v) is 3.78. The molecule has 2 nitrogen and oxygen atoms in total. The average Bonchev–Trinajstić information content (AvgIpc) is 2.05. The number of rotatable bonds is 2. The fourth-order valence-electron chi connectivity index (χ4n) is 1.08. The van der Waals surface area contributed by atoms with Crippen molar-refractivity contribution in [3.63, 3.8) is 0 Å². The summed E-state index contributed by atoms with van der Waals surface area (Å²) >= 11 is 0. The van der Waals surface area contributed by atoms with Gasteiger partial charge in [-0.2, -0.15) is 0 Å². The summed E-state index contributed by atoms with van der Waals surface area (Å²) < 4.78 is 5.03. The van der Waals surface area contributed by atoms with Gasteiger partial charge < -0.3 is 9.84 Å². The minimum absolute atomic E-state index is 0.174. The van der Waals surface area contributed by atoms with E-state index in [1.54, 1.807) is 19.2 Å². The summed E-state index contributed by atoms with van der Waals surface area (Å²) in [6, 6.07) is 5.28. The lowest BCUT2D eigenvalue weighted by Gasteiger charge is -2.05. The molecule has 0 radical (unpaired) electrons. The smallest absolute Gasteiger partial charge is 0.167 e. The van der Waals surface area contributed by atoms with Crippen LogP contribution in [-0.4, -0.2) is 12.2 Å². The highest BCUT2D eigenvalue weighted by molar-refractivity contribution is 5.61. The van der Waals surface area contributed by atoms with Crippen LogP contribution >= 0.6 is 0 Å². The van der Waals surface area contributed by atoms with Gasteiger partial charge in [-0.1, -0.05) is 24.3 Å². The lowest BCUT2D eigenvalue weighted by molar-refractivity contribution is 0.372. The number of hydrogen-bond donors (Lipinski definition) is 1. The van der Waals surface area contributed by atoms with Crippen molar-refractivity contribution < 1.29 is 9.84 Å². The van der Waals surface area contributed by atoms with Crippen LogP contribution in [0.3, 0.4) is 0 Å². The molecule has 0 aliphatic carbocycles. The standard InChI is InChI=1S/C10H12O2/c1-3-5-8-6-4-7-9(11)10(8)12-2/h3-7,11H,1-2H3/b5-3+. The third kappa shape index (κ3) is 1.59. The number of allylic oxidation sites excluding steroid dienone is 1. The molecule has 0 heterocycles. The molecule has 0 saturated carbocycles. The molecule has 0 saturated heterocycles. The largest absolute Gasteiger partial charge is 0.504 e. The predicted octanol–water partition coefficient (Wildman–Crippen LogP) is 2.43. The van der Waals surface area contributed by atoms with E-state index in [-0.39, 0.29) is 5.75 Å². The molecule has 1 aromatic carbocycles. The maximum Gasteiger partial charge on any atom is 0.167 e. The van der Waals surface area contributed by atoms with Crippen molar-refractivity contribution >= 4 is 6.08 Å². The number of phenolic OH excluding ortho intramolecular Hbond substituents is 1. The SMILES string of the molecule is C/C=C/c1cccc(O)c1OC. The molecule has 0 bridgehead atoms. The average molecular weight is 164 g/mol. The fraction of sp³-hybridized carbons (Fsp3) is 0.200. The van der Waals surface area contributed by atoms with Crippen LogP contribution < -0.4 is 4.74 Å². The zero-order chi connectivity index (χ0) is 8.97. The van der Waals surface area contributed by atoms with Gasteiger partial charge in [-0.05, 0) is 13.0 Å². The maximum absolute atomic E-state index is 9.36. The minimum Gasteiger partial charge on any atom is -0.504 e. The van der Waals surface area contributed by atoms with E-state index in [2.05, 4.69) is 0 Å². The van der Waals surface area contributed by atoms with E-state index >= 15 is 0 Å². The number of hydrogen-bond acceptors (Lipinski definition) is 2. The topological polar surface area (TPSA) is 29.5 Å². The van der Waals surface area contributed by atoms with Gasteiger partial charge in [0.05, 0.1) is 7.11 Å². The molecule has 0 fully saturated rings. The van der Waals surface area contributed by atoms with Gasteiger partial charge in [-0.25, -0.2) is 0 Å². The Kier molecular flexibility index (Phi) is 2.75. The van der Waals surface area contributed by atoms with E-state index in [1.165, 1.54) is 0 Å². The van der Waals surface area contributed by atoms with Crippen LogP contribution in [0.2, 0.25) is 0 Å². The van der Waals surface area contributed by atoms with Crippen molar-refractivity contribution in [3.05, 3.63) is 29.8 Å². The van der Waals surface area contributed by atoms with Crippen molar-refractivity contribution in [1.29, 1.82) is 0 Å². The number of methoxy groups -OCH3 is 1. The number of benzene rings is 1. The molecule has 0 amide bonds. The second-order valence-electron chi connectivity index (χ2n) is 2.40. The van der Waals surface area contributed by atoms with Crippen molar-refractivity contribution in [2.24, 2.45) is 0 Å². The van der Waals surface area contributed by atoms with Gasteiger partial charge in [0.1, 0.15) is 0 Å². The second-order valence-corrected chi connectivity index (χ2v) is 2.40. The van der Waals surface area contributed by atoms with E-state index in [0.717, 1.165) is 5.56 Å². The first-order valence-electron chi connectivity index (χ1n) is 3.78. The first-order chi connectivity index (χ1) is 5.79. The van der Waals surface area contributed by atoms with Gasteiger partial charge >= 0.3 is 0 Å². The molecule has 1 N–H and O–H groups in total. The number of phenols is 1. The van der Waals surface area contributed by atoms with Gasteiger partial charge in [0.15, 0.2) is 11.5 Å². The van der Waals surface area contributed by atoms with Crippen LogP contribution in [0.4, 0.5) is 0 Å². The molecule has 64 valence electrons. The van der Waals surface area contributed by atoms with Gasteiger partial charge in [0, 0.05) is 5.56 Å². The zero-order valence-corrected chi connectivity index (χ0v) is 7.24. The van der Waals surface area contributed by atoms with Gasteiger partial charge in [0.25, 0.3) is 0 Å². The number of aromatic hydroxyl groups is 1. The third-order valence-electron chi connectivity index (χ3n) is 1.58. The van der Waals surface area contributed by atoms with E-state index in [1.807, 2.05) is 25.1 Å². The van der Waals surface area contributed by atoms with Crippen molar-refractivity contribution in [3.8, 4) is 11.5 Å². The van der Waals surface area contributed by atoms with E-state index in [0.29, 0.717) is 5.75 Å². The van der Waals surface area contributed by atoms with Gasteiger partial charge in [0.2, 0.25) is 0 Å². The van der Waals surface area contributed by atoms with Crippen LogP contribution in [0.5, 0.6) is 11.5 Å². The zero-order valence-electron chi connectivity index (χ0n) is 7.24. The Balaban J connectivity index is 3.18. The molecule has 2 heteroatoms. The van der Waals surface area contributed by atoms with E-state index < -0.39 is 0 Å². The molecule has 1 rings (SSSR count). The summed E-state index contributed by atoms with van der Waals surface area (Å²) in [5, 5.41) is 9.36. The summed E-state index contributed by atoms with van der Waals surface area (Å²) in [6.07, 6.45) is 3.79. The minimum atomic E-state index is 0.174. The quantitative estimate of drug-likeness (QED) is 0.727. The Morgan fingerprint density at radius 2 is 2.17 bits per heavy atom. The van der Waals surface area contributed by atoms with Crippen molar-refractivity contribution in [1.82, 2.24) is 0 Å². The molecule has 0 unspecified atom stereocenters. The third-order valence-corrected chi connectivity index (χ3v) is 1.58. The highest BCUT2D eigenvalue weighted by atomic mass is 16.5. The summed E-state index contributed by atoms with van der Waals surface area (Å²) in [4.78, 5) is 0. The molecule has 0 atom stereocenters. The summed E-state index contributed by atoms with van der Waals surface area (Å²) in [5.41, 5.74) is 0.889. The van der Waals surface area contributed by atoms with Crippen molar-refractivity contribution in [2.75, 3.05) is 7.11 Å². The van der Waals surface area contributed by atoms with Crippen LogP contribution in [0.15, 0.2) is 24.3 Å². The molecule has 0 aromatic heterocycles. The normalized spacial score (nSPS) is 10.5. The second kappa shape index (κ2) is 3.81. The Hall–Kier alpha value is -1.44. The molecule has 1 aromatic rings. The number of para-hydroxylation sites is 1. The highest BCUT2D eigenvalue weighted by Crippen LogP contribution is 2.30. The molecular formula is C10H12O2. The molecule has 0 aliphatic heterocycles.